The molecule has 6 rings (SSSR count). The summed E-state index contributed by atoms with van der Waals surface area (Å²) in [6.45, 7) is 12.5. The first-order valence-electron chi connectivity index (χ1n) is 12.3. The first-order valence-corrected chi connectivity index (χ1v) is 12.3. The second kappa shape index (κ2) is 11.4. The predicted molar refractivity (Wildman–Crippen MR) is 151 cm³/mol. The van der Waals surface area contributed by atoms with Crippen LogP contribution in [-0.2, 0) is 20.1 Å². The topological polar surface area (TPSA) is 51.8 Å². The van der Waals surface area contributed by atoms with Crippen molar-refractivity contribution in [3.63, 3.8) is 0 Å². The van der Waals surface area contributed by atoms with Crippen LogP contribution in [0.25, 0.3) is 44.4 Å². The fourth-order valence-corrected chi connectivity index (χ4v) is 4.20. The quantitative estimate of drug-likeness (QED) is 0.174. The molecule has 4 aromatic heterocycles. The summed E-state index contributed by atoms with van der Waals surface area (Å²) in [6.07, 6.45) is 7.29. The Morgan fingerprint density at radius 3 is 2.24 bits per heavy atom. The van der Waals surface area contributed by atoms with Crippen molar-refractivity contribution < 1.29 is 24.5 Å². The summed E-state index contributed by atoms with van der Waals surface area (Å²) in [6, 6.07) is 21.1. The summed E-state index contributed by atoms with van der Waals surface area (Å²) in [7, 11) is 0. The van der Waals surface area contributed by atoms with E-state index in [2.05, 4.69) is 86.0 Å². The first kappa shape index (κ1) is 27.4. The number of nitrogens with zero attached hydrogens (tertiary/aromatic N) is 3. The van der Waals surface area contributed by atoms with Gasteiger partial charge in [0.05, 0.1) is 5.58 Å². The van der Waals surface area contributed by atoms with Gasteiger partial charge in [-0.25, -0.2) is 0 Å². The SMILES string of the molecule is Cc1c[c-]c(-c2cc(C)c(C)cn2)cc1C.Cc1ccnc(-c2[c-]c3ccoc3c3ncc(C)cc23)c1.[Ir]. The molecule has 0 N–H and O–H groups in total. The van der Waals surface area contributed by atoms with E-state index in [0.717, 1.165) is 50.0 Å². The minimum Gasteiger partial charge on any atom is -0.506 e. The number of furan rings is 1. The number of benzene rings is 2. The van der Waals surface area contributed by atoms with Crippen LogP contribution < -0.4 is 0 Å². The normalized spacial score (nSPS) is 10.7. The molecule has 0 unspecified atom stereocenters. The first-order chi connectivity index (χ1) is 17.8. The number of hydrogen-bond donors (Lipinski definition) is 0. The minimum atomic E-state index is 0. The largest absolute Gasteiger partial charge is 0.506 e. The van der Waals surface area contributed by atoms with Crippen molar-refractivity contribution in [1.29, 1.82) is 0 Å². The summed E-state index contributed by atoms with van der Waals surface area (Å²) < 4.78 is 5.57. The number of hydrogen-bond acceptors (Lipinski definition) is 4. The molecule has 38 heavy (non-hydrogen) atoms. The van der Waals surface area contributed by atoms with Gasteiger partial charge in [0.1, 0.15) is 0 Å². The van der Waals surface area contributed by atoms with Crippen molar-refractivity contribution >= 4 is 21.9 Å². The Labute approximate surface area is 237 Å². The van der Waals surface area contributed by atoms with Crippen LogP contribution in [0.3, 0.4) is 0 Å². The van der Waals surface area contributed by atoms with E-state index >= 15 is 0 Å². The van der Waals surface area contributed by atoms with Crippen molar-refractivity contribution in [3.8, 4) is 22.5 Å². The third-order valence-corrected chi connectivity index (χ3v) is 6.68. The van der Waals surface area contributed by atoms with Gasteiger partial charge >= 0.3 is 0 Å². The van der Waals surface area contributed by atoms with E-state index in [1.54, 1.807) is 6.26 Å². The van der Waals surface area contributed by atoms with Gasteiger partial charge in [0.25, 0.3) is 0 Å². The fraction of sp³-hybridized carbons (Fsp3) is 0.182. The van der Waals surface area contributed by atoms with Crippen molar-refractivity contribution in [3.05, 3.63) is 113 Å². The second-order valence-electron chi connectivity index (χ2n) is 9.66. The number of aromatic nitrogens is 3. The molecule has 6 aromatic rings. The monoisotopic (exact) mass is 676 g/mol. The Hall–Kier alpha value is -3.66. The van der Waals surface area contributed by atoms with Gasteiger partial charge in [-0.1, -0.05) is 65.6 Å². The smallest absolute Gasteiger partial charge is 0.0847 e. The van der Waals surface area contributed by atoms with Gasteiger partial charge < -0.3 is 9.40 Å². The van der Waals surface area contributed by atoms with Gasteiger partial charge in [0, 0.05) is 56.2 Å². The van der Waals surface area contributed by atoms with Gasteiger partial charge in [-0.3, -0.25) is 9.97 Å². The van der Waals surface area contributed by atoms with Gasteiger partial charge in [0.15, 0.2) is 0 Å². The summed E-state index contributed by atoms with van der Waals surface area (Å²) >= 11 is 0. The number of pyridine rings is 3. The summed E-state index contributed by atoms with van der Waals surface area (Å²) in [5.74, 6) is 0. The van der Waals surface area contributed by atoms with E-state index in [0.29, 0.717) is 0 Å². The van der Waals surface area contributed by atoms with Crippen LogP contribution in [0.2, 0.25) is 0 Å². The van der Waals surface area contributed by atoms with E-state index in [1.807, 2.05) is 43.7 Å². The zero-order chi connectivity index (χ0) is 26.1. The van der Waals surface area contributed by atoms with E-state index in [-0.39, 0.29) is 20.1 Å². The van der Waals surface area contributed by atoms with Gasteiger partial charge in [-0.05, 0) is 50.6 Å². The molecule has 1 radical (unpaired) electrons. The molecule has 0 bridgehead atoms. The average molecular weight is 676 g/mol. The molecule has 0 aliphatic carbocycles. The molecule has 2 aromatic carbocycles. The Kier molecular flexibility index (Phi) is 8.20. The third kappa shape index (κ3) is 5.60. The molecule has 0 saturated carbocycles. The molecule has 193 valence electrons. The average Bonchev–Trinajstić information content (AvgIpc) is 3.36. The molecular weight excluding hydrogens is 647 g/mol. The summed E-state index contributed by atoms with van der Waals surface area (Å²) in [4.78, 5) is 13.5. The van der Waals surface area contributed by atoms with E-state index < -0.39 is 0 Å². The summed E-state index contributed by atoms with van der Waals surface area (Å²) in [5, 5.41) is 1.95. The number of aryl methyl sites for hydroxylation is 6. The maximum Gasteiger partial charge on any atom is 0.0847 e. The molecule has 4 nitrogen and oxygen atoms in total. The molecule has 0 fully saturated rings. The van der Waals surface area contributed by atoms with Crippen LogP contribution >= 0.6 is 0 Å². The van der Waals surface area contributed by atoms with Crippen molar-refractivity contribution in [1.82, 2.24) is 15.0 Å². The van der Waals surface area contributed by atoms with Gasteiger partial charge in [-0.2, -0.15) is 0 Å². The molecule has 5 heteroatoms. The molecule has 4 heterocycles. The molecule has 0 aliphatic rings. The maximum absolute atomic E-state index is 5.57. The number of rotatable bonds is 2. The Bertz CT molecular complexity index is 1700. The Morgan fingerprint density at radius 1 is 0.711 bits per heavy atom. The molecule has 0 amide bonds. The fourth-order valence-electron chi connectivity index (χ4n) is 4.20. The van der Waals surface area contributed by atoms with Crippen molar-refractivity contribution in [2.75, 3.05) is 0 Å². The second-order valence-corrected chi connectivity index (χ2v) is 9.66. The third-order valence-electron chi connectivity index (χ3n) is 6.68. The van der Waals surface area contributed by atoms with Crippen molar-refractivity contribution in [2.45, 2.75) is 41.5 Å². The molecule has 0 aliphatic heterocycles. The van der Waals surface area contributed by atoms with Crippen LogP contribution in [0.5, 0.6) is 0 Å². The van der Waals surface area contributed by atoms with Gasteiger partial charge in [-0.15, -0.1) is 41.0 Å². The maximum atomic E-state index is 5.57. The molecule has 0 spiro atoms. The standard InChI is InChI=1S/C18H13N2O.C15H16N.Ir/c1-11-3-5-19-16(8-11)14-9-13-4-6-21-18(13)17-15(14)7-12(2)10-20-17;1-10-5-6-14(7-11(10)2)15-8-12(3)13(4)9-16-15;/h3-8,10H,1-2H3;5,7-9H,1-4H3;/q2*-1;. The minimum absolute atomic E-state index is 0. The van der Waals surface area contributed by atoms with E-state index in [1.165, 1.54) is 27.8 Å². The van der Waals surface area contributed by atoms with Crippen LogP contribution in [0.4, 0.5) is 0 Å². The van der Waals surface area contributed by atoms with Crippen LogP contribution in [-0.4, -0.2) is 15.0 Å². The van der Waals surface area contributed by atoms with Crippen LogP contribution in [0.1, 0.15) is 33.4 Å². The Balaban J connectivity index is 0.000000179. The van der Waals surface area contributed by atoms with Crippen LogP contribution in [0.15, 0.2) is 71.7 Å². The van der Waals surface area contributed by atoms with E-state index in [4.69, 9.17) is 4.42 Å². The van der Waals surface area contributed by atoms with Crippen LogP contribution in [0, 0.1) is 53.7 Å². The van der Waals surface area contributed by atoms with Gasteiger partial charge in [0.2, 0.25) is 0 Å². The molecule has 0 atom stereocenters. The molecule has 0 saturated heterocycles. The summed E-state index contributed by atoms with van der Waals surface area (Å²) in [5.41, 5.74) is 12.9. The zero-order valence-electron chi connectivity index (χ0n) is 22.4. The molecular formula is C33H29IrN3O-2. The van der Waals surface area contributed by atoms with E-state index in [9.17, 15) is 0 Å². The zero-order valence-corrected chi connectivity index (χ0v) is 24.8. The van der Waals surface area contributed by atoms with Crippen molar-refractivity contribution in [2.24, 2.45) is 0 Å². The number of fused-ring (bicyclic) bond motifs is 3. The predicted octanol–water partition coefficient (Wildman–Crippen LogP) is 8.24. The Morgan fingerprint density at radius 2 is 1.50 bits per heavy atom.